The second-order valence-corrected chi connectivity index (χ2v) is 4.22. The number of oxime groups is 1. The summed E-state index contributed by atoms with van der Waals surface area (Å²) in [5.41, 5.74) is 5.46. The molecule has 106 valence electrons. The van der Waals surface area contributed by atoms with Crippen LogP contribution in [0.4, 0.5) is 0 Å². The molecule has 0 amide bonds. The van der Waals surface area contributed by atoms with Gasteiger partial charge in [0.25, 0.3) is 0 Å². The molecule has 0 aliphatic rings. The van der Waals surface area contributed by atoms with Crippen LogP contribution in [-0.2, 0) is 0 Å². The van der Waals surface area contributed by atoms with Gasteiger partial charge in [-0.1, -0.05) is 5.16 Å². The van der Waals surface area contributed by atoms with Gasteiger partial charge in [0.05, 0.1) is 7.11 Å². The van der Waals surface area contributed by atoms with E-state index in [1.807, 2.05) is 24.3 Å². The lowest BCUT2D eigenvalue weighted by Gasteiger charge is -2.06. The van der Waals surface area contributed by atoms with Gasteiger partial charge in [-0.3, -0.25) is 0 Å². The van der Waals surface area contributed by atoms with Gasteiger partial charge in [0.15, 0.2) is 5.82 Å². The van der Waals surface area contributed by atoms with Gasteiger partial charge in [-0.2, -0.15) is 0 Å². The lowest BCUT2D eigenvalue weighted by atomic mass is 10.1. The number of hydrogen-bond donors (Lipinski definition) is 2. The summed E-state index contributed by atoms with van der Waals surface area (Å²) in [5.74, 6) is 1.33. The van der Waals surface area contributed by atoms with Crippen molar-refractivity contribution in [1.82, 2.24) is 19.7 Å². The third-order valence-corrected chi connectivity index (χ3v) is 3.00. The third kappa shape index (κ3) is 2.22. The van der Waals surface area contributed by atoms with Crippen LogP contribution in [0.1, 0.15) is 5.82 Å². The van der Waals surface area contributed by atoms with E-state index < -0.39 is 0 Å². The largest absolute Gasteiger partial charge is 0.497 e. The molecule has 0 spiro atoms. The minimum absolute atomic E-state index is 0.129. The first-order valence-corrected chi connectivity index (χ1v) is 6.05. The average Bonchev–Trinajstić information content (AvgIpc) is 3.02. The fourth-order valence-corrected chi connectivity index (χ4v) is 1.98. The van der Waals surface area contributed by atoms with E-state index in [9.17, 15) is 0 Å². The predicted octanol–water partition coefficient (Wildman–Crippen LogP) is 0.919. The summed E-state index contributed by atoms with van der Waals surface area (Å²) in [6.45, 7) is 0. The Morgan fingerprint density at radius 1 is 1.33 bits per heavy atom. The van der Waals surface area contributed by atoms with Crippen molar-refractivity contribution in [3.8, 4) is 11.6 Å². The normalized spacial score (nSPS) is 11.8. The molecule has 0 aliphatic heterocycles. The number of aromatic nitrogens is 4. The minimum Gasteiger partial charge on any atom is -0.497 e. The summed E-state index contributed by atoms with van der Waals surface area (Å²) in [5, 5.41) is 17.5. The molecule has 0 aliphatic carbocycles. The van der Waals surface area contributed by atoms with Crippen molar-refractivity contribution in [2.45, 2.75) is 0 Å². The lowest BCUT2D eigenvalue weighted by molar-refractivity contribution is 0.318. The molecule has 21 heavy (non-hydrogen) atoms. The number of methoxy groups -OCH3 is 1. The molecule has 0 saturated heterocycles. The van der Waals surface area contributed by atoms with Crippen LogP contribution in [0.5, 0.6) is 5.75 Å². The average molecular weight is 284 g/mol. The maximum atomic E-state index is 8.64. The highest BCUT2D eigenvalue weighted by Gasteiger charge is 2.10. The van der Waals surface area contributed by atoms with Gasteiger partial charge in [-0.25, -0.2) is 14.6 Å². The topological polar surface area (TPSA) is 111 Å². The maximum Gasteiger partial charge on any atom is 0.220 e. The van der Waals surface area contributed by atoms with Crippen molar-refractivity contribution in [2.75, 3.05) is 7.11 Å². The van der Waals surface area contributed by atoms with Crippen LogP contribution in [0, 0.1) is 0 Å². The van der Waals surface area contributed by atoms with Gasteiger partial charge in [-0.05, 0) is 29.7 Å². The molecule has 8 heteroatoms. The van der Waals surface area contributed by atoms with Crippen molar-refractivity contribution >= 4 is 16.6 Å². The molecule has 8 nitrogen and oxygen atoms in total. The van der Waals surface area contributed by atoms with E-state index in [1.165, 1.54) is 11.0 Å². The Labute approximate surface area is 119 Å². The first-order chi connectivity index (χ1) is 10.2. The molecule has 1 aromatic carbocycles. The van der Waals surface area contributed by atoms with Gasteiger partial charge in [-0.15, -0.1) is 5.10 Å². The van der Waals surface area contributed by atoms with Crippen LogP contribution in [0.3, 0.4) is 0 Å². The van der Waals surface area contributed by atoms with Crippen LogP contribution in [-0.4, -0.2) is 37.9 Å². The van der Waals surface area contributed by atoms with Gasteiger partial charge in [0.2, 0.25) is 11.7 Å². The minimum atomic E-state index is -0.157. The molecular formula is C13H12N6O2. The van der Waals surface area contributed by atoms with Crippen LogP contribution < -0.4 is 10.5 Å². The zero-order chi connectivity index (χ0) is 14.8. The van der Waals surface area contributed by atoms with Crippen molar-refractivity contribution in [2.24, 2.45) is 10.9 Å². The fraction of sp³-hybridized carbons (Fsp3) is 0.0769. The molecule has 0 unspecified atom stereocenters. The molecule has 0 radical (unpaired) electrons. The van der Waals surface area contributed by atoms with Gasteiger partial charge in [0, 0.05) is 11.6 Å². The van der Waals surface area contributed by atoms with Gasteiger partial charge >= 0.3 is 0 Å². The first-order valence-electron chi connectivity index (χ1n) is 6.05. The number of hydrogen-bond acceptors (Lipinski definition) is 6. The second-order valence-electron chi connectivity index (χ2n) is 4.22. The van der Waals surface area contributed by atoms with E-state index in [0.29, 0.717) is 5.82 Å². The van der Waals surface area contributed by atoms with Crippen LogP contribution in [0.2, 0.25) is 0 Å². The van der Waals surface area contributed by atoms with E-state index in [4.69, 9.17) is 15.7 Å². The Morgan fingerprint density at radius 3 is 2.95 bits per heavy atom. The molecule has 0 fully saturated rings. The van der Waals surface area contributed by atoms with E-state index in [1.54, 1.807) is 13.3 Å². The first kappa shape index (κ1) is 12.9. The summed E-state index contributed by atoms with van der Waals surface area (Å²) in [4.78, 5) is 8.28. The van der Waals surface area contributed by atoms with Gasteiger partial charge < -0.3 is 15.7 Å². The molecule has 0 saturated carbocycles. The highest BCUT2D eigenvalue weighted by Crippen LogP contribution is 2.24. The van der Waals surface area contributed by atoms with E-state index in [2.05, 4.69) is 20.2 Å². The molecule has 3 N–H and O–H groups in total. The smallest absolute Gasteiger partial charge is 0.220 e. The molecule has 3 aromatic rings. The van der Waals surface area contributed by atoms with Gasteiger partial charge in [0.1, 0.15) is 12.1 Å². The standard InChI is InChI=1S/C13H12N6O2/c1-21-9-2-3-10-8(6-9)4-5-15-13(10)19-7-16-12(17-19)11(14)18-20/h2-7,20H,1H3,(H2,14,18). The number of nitrogens with zero attached hydrogens (tertiary/aromatic N) is 5. The molecule has 0 atom stereocenters. The highest BCUT2D eigenvalue weighted by atomic mass is 16.5. The van der Waals surface area contributed by atoms with E-state index in [-0.39, 0.29) is 11.7 Å². The Hall–Kier alpha value is -3.16. The quantitative estimate of drug-likeness (QED) is 0.320. The monoisotopic (exact) mass is 284 g/mol. The number of pyridine rings is 1. The number of benzene rings is 1. The number of amidine groups is 1. The SMILES string of the molecule is COc1ccc2c(-n3cnc(/C(N)=N/O)n3)nccc2c1. The van der Waals surface area contributed by atoms with Crippen LogP contribution in [0.25, 0.3) is 16.6 Å². The Morgan fingerprint density at radius 2 is 2.19 bits per heavy atom. The Bertz CT molecular complexity index is 826. The summed E-state index contributed by atoms with van der Waals surface area (Å²) in [7, 11) is 1.62. The van der Waals surface area contributed by atoms with Crippen molar-refractivity contribution < 1.29 is 9.94 Å². The molecule has 2 heterocycles. The van der Waals surface area contributed by atoms with E-state index in [0.717, 1.165) is 16.5 Å². The zero-order valence-corrected chi connectivity index (χ0v) is 11.1. The van der Waals surface area contributed by atoms with Crippen molar-refractivity contribution in [1.29, 1.82) is 0 Å². The third-order valence-electron chi connectivity index (χ3n) is 3.00. The summed E-state index contributed by atoms with van der Waals surface area (Å²) < 4.78 is 6.68. The predicted molar refractivity (Wildman–Crippen MR) is 75.7 cm³/mol. The number of ether oxygens (including phenoxy) is 1. The van der Waals surface area contributed by atoms with Crippen molar-refractivity contribution in [3.63, 3.8) is 0 Å². The molecular weight excluding hydrogens is 272 g/mol. The number of rotatable bonds is 3. The molecule has 0 bridgehead atoms. The summed E-state index contributed by atoms with van der Waals surface area (Å²) in [6.07, 6.45) is 3.13. The fourth-order valence-electron chi connectivity index (χ4n) is 1.98. The summed E-state index contributed by atoms with van der Waals surface area (Å²) >= 11 is 0. The summed E-state index contributed by atoms with van der Waals surface area (Å²) in [6, 6.07) is 7.51. The Kier molecular flexibility index (Phi) is 3.11. The molecule has 2 aromatic heterocycles. The highest BCUT2D eigenvalue weighted by molar-refractivity contribution is 5.93. The number of nitrogens with two attached hydrogens (primary N) is 1. The van der Waals surface area contributed by atoms with Crippen LogP contribution >= 0.6 is 0 Å². The van der Waals surface area contributed by atoms with Crippen molar-refractivity contribution in [3.05, 3.63) is 42.6 Å². The Balaban J connectivity index is 2.14. The van der Waals surface area contributed by atoms with E-state index >= 15 is 0 Å². The molecule has 3 rings (SSSR count). The maximum absolute atomic E-state index is 8.64. The lowest BCUT2D eigenvalue weighted by Crippen LogP contribution is -2.15. The second kappa shape index (κ2) is 5.08. The van der Waals surface area contributed by atoms with Crippen LogP contribution in [0.15, 0.2) is 41.9 Å². The number of fused-ring (bicyclic) bond motifs is 1. The zero-order valence-electron chi connectivity index (χ0n) is 11.1.